The molecule has 0 atom stereocenters. The van der Waals surface area contributed by atoms with Crippen LogP contribution in [-0.2, 0) is 6.54 Å². The SMILES string of the molecule is CNCc1ccnc(N(C)C2CCCC2)c1. The fourth-order valence-corrected chi connectivity index (χ4v) is 2.45. The van der Waals surface area contributed by atoms with E-state index in [0.29, 0.717) is 6.04 Å². The number of nitrogens with zero attached hydrogens (tertiary/aromatic N) is 2. The molecule has 1 heterocycles. The van der Waals surface area contributed by atoms with Gasteiger partial charge in [0, 0.05) is 25.8 Å². The van der Waals surface area contributed by atoms with Crippen LogP contribution >= 0.6 is 0 Å². The van der Waals surface area contributed by atoms with E-state index in [2.05, 4.69) is 34.4 Å². The number of pyridine rings is 1. The highest BCUT2D eigenvalue weighted by Gasteiger charge is 2.20. The molecule has 3 nitrogen and oxygen atoms in total. The molecule has 1 fully saturated rings. The summed E-state index contributed by atoms with van der Waals surface area (Å²) < 4.78 is 0. The number of rotatable bonds is 4. The van der Waals surface area contributed by atoms with E-state index in [1.807, 2.05) is 13.2 Å². The summed E-state index contributed by atoms with van der Waals surface area (Å²) in [6.07, 6.45) is 7.27. The van der Waals surface area contributed by atoms with Gasteiger partial charge in [-0.3, -0.25) is 0 Å². The van der Waals surface area contributed by atoms with Crippen LogP contribution in [-0.4, -0.2) is 25.1 Å². The summed E-state index contributed by atoms with van der Waals surface area (Å²) >= 11 is 0. The molecule has 3 heteroatoms. The highest BCUT2D eigenvalue weighted by atomic mass is 15.2. The van der Waals surface area contributed by atoms with Gasteiger partial charge in [-0.05, 0) is 37.6 Å². The van der Waals surface area contributed by atoms with Crippen molar-refractivity contribution in [1.82, 2.24) is 10.3 Å². The van der Waals surface area contributed by atoms with E-state index in [4.69, 9.17) is 0 Å². The number of aromatic nitrogens is 1. The maximum Gasteiger partial charge on any atom is 0.128 e. The molecule has 0 aromatic carbocycles. The average Bonchev–Trinajstić information content (AvgIpc) is 2.82. The molecule has 0 spiro atoms. The first kappa shape index (κ1) is 11.4. The molecular formula is C13H21N3. The number of hydrogen-bond acceptors (Lipinski definition) is 3. The summed E-state index contributed by atoms with van der Waals surface area (Å²) in [4.78, 5) is 6.80. The lowest BCUT2D eigenvalue weighted by Crippen LogP contribution is -2.29. The van der Waals surface area contributed by atoms with Crippen LogP contribution in [0, 0.1) is 0 Å². The average molecular weight is 219 g/mol. The molecule has 16 heavy (non-hydrogen) atoms. The van der Waals surface area contributed by atoms with E-state index >= 15 is 0 Å². The Kier molecular flexibility index (Phi) is 3.78. The molecule has 1 aromatic rings. The van der Waals surface area contributed by atoms with Gasteiger partial charge in [0.15, 0.2) is 0 Å². The van der Waals surface area contributed by atoms with Crippen LogP contribution in [0.3, 0.4) is 0 Å². The molecule has 1 aliphatic rings. The van der Waals surface area contributed by atoms with Gasteiger partial charge in [-0.25, -0.2) is 4.98 Å². The van der Waals surface area contributed by atoms with Crippen molar-refractivity contribution in [2.75, 3.05) is 19.0 Å². The highest BCUT2D eigenvalue weighted by molar-refractivity contribution is 5.41. The van der Waals surface area contributed by atoms with Crippen molar-refractivity contribution in [2.24, 2.45) is 0 Å². The second-order valence-electron chi connectivity index (χ2n) is 4.60. The Morgan fingerprint density at radius 1 is 1.44 bits per heavy atom. The van der Waals surface area contributed by atoms with Gasteiger partial charge in [-0.15, -0.1) is 0 Å². The van der Waals surface area contributed by atoms with Crippen LogP contribution in [0.4, 0.5) is 5.82 Å². The first-order valence-corrected chi connectivity index (χ1v) is 6.13. The molecule has 1 aromatic heterocycles. The zero-order valence-corrected chi connectivity index (χ0v) is 10.2. The van der Waals surface area contributed by atoms with Crippen molar-refractivity contribution >= 4 is 5.82 Å². The number of nitrogens with one attached hydrogen (secondary N) is 1. The summed E-state index contributed by atoms with van der Waals surface area (Å²) in [7, 11) is 4.14. The van der Waals surface area contributed by atoms with Crippen LogP contribution in [0.25, 0.3) is 0 Å². The number of hydrogen-bond donors (Lipinski definition) is 1. The van der Waals surface area contributed by atoms with Crippen molar-refractivity contribution in [3.05, 3.63) is 23.9 Å². The fourth-order valence-electron chi connectivity index (χ4n) is 2.45. The lowest BCUT2D eigenvalue weighted by molar-refractivity contribution is 0.645. The standard InChI is InChI=1S/C13H21N3/c1-14-10-11-7-8-15-13(9-11)16(2)12-5-3-4-6-12/h7-9,12,14H,3-6,10H2,1-2H3. The van der Waals surface area contributed by atoms with Crippen LogP contribution in [0.2, 0.25) is 0 Å². The van der Waals surface area contributed by atoms with Crippen molar-refractivity contribution < 1.29 is 0 Å². The molecular weight excluding hydrogens is 198 g/mol. The molecule has 0 radical (unpaired) electrons. The lowest BCUT2D eigenvalue weighted by atomic mass is 10.2. The third-order valence-corrected chi connectivity index (χ3v) is 3.42. The summed E-state index contributed by atoms with van der Waals surface area (Å²) in [5.41, 5.74) is 1.30. The van der Waals surface area contributed by atoms with Crippen LogP contribution < -0.4 is 10.2 Å². The van der Waals surface area contributed by atoms with E-state index in [1.165, 1.54) is 31.2 Å². The van der Waals surface area contributed by atoms with Crippen LogP contribution in [0.5, 0.6) is 0 Å². The first-order valence-electron chi connectivity index (χ1n) is 6.13. The van der Waals surface area contributed by atoms with E-state index in [1.54, 1.807) is 0 Å². The fraction of sp³-hybridized carbons (Fsp3) is 0.615. The molecule has 0 bridgehead atoms. The molecule has 0 aliphatic heterocycles. The quantitative estimate of drug-likeness (QED) is 0.841. The van der Waals surface area contributed by atoms with Gasteiger partial charge < -0.3 is 10.2 Å². The van der Waals surface area contributed by atoms with Gasteiger partial charge >= 0.3 is 0 Å². The smallest absolute Gasteiger partial charge is 0.128 e. The Hall–Kier alpha value is -1.09. The Labute approximate surface area is 97.9 Å². The summed E-state index contributed by atoms with van der Waals surface area (Å²) in [5, 5.41) is 3.17. The summed E-state index contributed by atoms with van der Waals surface area (Å²) in [6.45, 7) is 0.911. The zero-order valence-electron chi connectivity index (χ0n) is 10.2. The third kappa shape index (κ3) is 2.53. The minimum absolute atomic E-state index is 0.692. The molecule has 2 rings (SSSR count). The molecule has 88 valence electrons. The lowest BCUT2D eigenvalue weighted by Gasteiger charge is -2.25. The topological polar surface area (TPSA) is 28.2 Å². The second-order valence-corrected chi connectivity index (χ2v) is 4.60. The Morgan fingerprint density at radius 2 is 2.19 bits per heavy atom. The van der Waals surface area contributed by atoms with Crippen molar-refractivity contribution in [2.45, 2.75) is 38.3 Å². The van der Waals surface area contributed by atoms with Gasteiger partial charge in [0.05, 0.1) is 0 Å². The minimum atomic E-state index is 0.692. The van der Waals surface area contributed by atoms with Crippen molar-refractivity contribution in [1.29, 1.82) is 0 Å². The Balaban J connectivity index is 2.09. The largest absolute Gasteiger partial charge is 0.357 e. The molecule has 1 aliphatic carbocycles. The van der Waals surface area contributed by atoms with E-state index in [-0.39, 0.29) is 0 Å². The Morgan fingerprint density at radius 3 is 2.88 bits per heavy atom. The van der Waals surface area contributed by atoms with E-state index < -0.39 is 0 Å². The van der Waals surface area contributed by atoms with E-state index in [0.717, 1.165) is 12.4 Å². The van der Waals surface area contributed by atoms with Gasteiger partial charge in [0.25, 0.3) is 0 Å². The molecule has 1 saturated carbocycles. The second kappa shape index (κ2) is 5.30. The molecule has 0 unspecified atom stereocenters. The Bertz CT molecular complexity index is 332. The first-order chi connectivity index (χ1) is 7.81. The molecule has 0 saturated heterocycles. The monoisotopic (exact) mass is 219 g/mol. The molecule has 1 N–H and O–H groups in total. The predicted octanol–water partition coefficient (Wildman–Crippen LogP) is 2.18. The van der Waals surface area contributed by atoms with Gasteiger partial charge in [0.1, 0.15) is 5.82 Å². The van der Waals surface area contributed by atoms with Gasteiger partial charge in [-0.2, -0.15) is 0 Å². The predicted molar refractivity (Wildman–Crippen MR) is 67.7 cm³/mol. The van der Waals surface area contributed by atoms with Crippen LogP contribution in [0.1, 0.15) is 31.2 Å². The third-order valence-electron chi connectivity index (χ3n) is 3.42. The van der Waals surface area contributed by atoms with Gasteiger partial charge in [-0.1, -0.05) is 12.8 Å². The van der Waals surface area contributed by atoms with Crippen molar-refractivity contribution in [3.63, 3.8) is 0 Å². The number of anilines is 1. The highest BCUT2D eigenvalue weighted by Crippen LogP contribution is 2.25. The maximum atomic E-state index is 4.46. The minimum Gasteiger partial charge on any atom is -0.357 e. The molecule has 0 amide bonds. The maximum absolute atomic E-state index is 4.46. The summed E-state index contributed by atoms with van der Waals surface area (Å²) in [6, 6.07) is 4.95. The van der Waals surface area contributed by atoms with Crippen molar-refractivity contribution in [3.8, 4) is 0 Å². The van der Waals surface area contributed by atoms with Gasteiger partial charge in [0.2, 0.25) is 0 Å². The summed E-state index contributed by atoms with van der Waals surface area (Å²) in [5.74, 6) is 1.11. The normalized spacial score (nSPS) is 16.6. The van der Waals surface area contributed by atoms with Crippen LogP contribution in [0.15, 0.2) is 18.3 Å². The zero-order chi connectivity index (χ0) is 11.4. The van der Waals surface area contributed by atoms with E-state index in [9.17, 15) is 0 Å².